The Bertz CT molecular complexity index is 782. The minimum absolute atomic E-state index is 1.10. The van der Waals surface area contributed by atoms with Crippen molar-refractivity contribution in [2.45, 2.75) is 0 Å². The van der Waals surface area contributed by atoms with Gasteiger partial charge in [0.2, 0.25) is 0 Å². The van der Waals surface area contributed by atoms with E-state index < -0.39 is 0 Å². The third-order valence-electron chi connectivity index (χ3n) is 3.40. The van der Waals surface area contributed by atoms with Gasteiger partial charge in [-0.15, -0.1) is 0 Å². The maximum absolute atomic E-state index is 3.44. The molecule has 0 aliphatic carbocycles. The van der Waals surface area contributed by atoms with E-state index >= 15 is 0 Å². The van der Waals surface area contributed by atoms with Crippen molar-refractivity contribution in [3.63, 3.8) is 0 Å². The first-order valence-electron chi connectivity index (χ1n) is 6.30. The van der Waals surface area contributed by atoms with Crippen molar-refractivity contribution in [3.05, 3.63) is 60.9 Å². The van der Waals surface area contributed by atoms with Gasteiger partial charge in [0.15, 0.2) is 0 Å². The van der Waals surface area contributed by atoms with Crippen LogP contribution in [0.4, 0.5) is 11.4 Å². The first-order chi connectivity index (χ1) is 9.38. The number of fused-ring (bicyclic) bond motifs is 2. The Labute approximate surface area is 110 Å². The molecule has 0 fully saturated rings. The fourth-order valence-corrected chi connectivity index (χ4v) is 2.43. The molecule has 4 aromatic rings. The average molecular weight is 247 g/mol. The summed E-state index contributed by atoms with van der Waals surface area (Å²) in [5.41, 5.74) is 4.52. The van der Waals surface area contributed by atoms with Gasteiger partial charge in [-0.2, -0.15) is 0 Å². The molecule has 19 heavy (non-hydrogen) atoms. The van der Waals surface area contributed by atoms with Crippen molar-refractivity contribution < 1.29 is 0 Å². The molecule has 0 atom stereocenters. The Morgan fingerprint density at radius 2 is 1.16 bits per heavy atom. The van der Waals surface area contributed by atoms with Crippen LogP contribution in [0, 0.1) is 0 Å². The van der Waals surface area contributed by atoms with Crippen molar-refractivity contribution in [1.29, 1.82) is 0 Å². The Kier molecular flexibility index (Phi) is 2.12. The second-order valence-corrected chi connectivity index (χ2v) is 4.68. The van der Waals surface area contributed by atoms with E-state index in [4.69, 9.17) is 0 Å². The van der Waals surface area contributed by atoms with Gasteiger partial charge in [0.25, 0.3) is 0 Å². The number of aromatic amines is 2. The Balaban J connectivity index is 1.72. The molecule has 0 radical (unpaired) electrons. The van der Waals surface area contributed by atoms with Gasteiger partial charge in [-0.1, -0.05) is 0 Å². The summed E-state index contributed by atoms with van der Waals surface area (Å²) in [6, 6.07) is 16.8. The molecular formula is C16H13N3. The van der Waals surface area contributed by atoms with Gasteiger partial charge in [0.05, 0.1) is 0 Å². The molecule has 4 rings (SSSR count). The van der Waals surface area contributed by atoms with E-state index in [0.717, 1.165) is 22.4 Å². The van der Waals surface area contributed by atoms with Gasteiger partial charge < -0.3 is 15.3 Å². The van der Waals surface area contributed by atoms with Gasteiger partial charge in [-0.3, -0.25) is 0 Å². The highest BCUT2D eigenvalue weighted by molar-refractivity contribution is 5.86. The highest BCUT2D eigenvalue weighted by atomic mass is 14.9. The molecule has 0 spiro atoms. The zero-order valence-corrected chi connectivity index (χ0v) is 10.3. The van der Waals surface area contributed by atoms with Gasteiger partial charge in [-0.05, 0) is 48.5 Å². The minimum Gasteiger partial charge on any atom is -0.361 e. The molecule has 3 heteroatoms. The SMILES string of the molecule is c1cc2cc(Nc3ccc4[nH]ccc4c3)ccc2[nH]1. The lowest BCUT2D eigenvalue weighted by atomic mass is 10.2. The van der Waals surface area contributed by atoms with Crippen LogP contribution in [-0.4, -0.2) is 9.97 Å². The highest BCUT2D eigenvalue weighted by Crippen LogP contribution is 2.24. The van der Waals surface area contributed by atoms with E-state index in [-0.39, 0.29) is 0 Å². The second-order valence-electron chi connectivity index (χ2n) is 4.68. The van der Waals surface area contributed by atoms with Crippen LogP contribution in [0.2, 0.25) is 0 Å². The number of nitrogens with one attached hydrogen (secondary N) is 3. The van der Waals surface area contributed by atoms with Crippen LogP contribution < -0.4 is 5.32 Å². The Hall–Kier alpha value is -2.68. The molecule has 0 aliphatic heterocycles. The van der Waals surface area contributed by atoms with Crippen LogP contribution in [0.1, 0.15) is 0 Å². The zero-order chi connectivity index (χ0) is 12.7. The Morgan fingerprint density at radius 3 is 1.68 bits per heavy atom. The summed E-state index contributed by atoms with van der Waals surface area (Å²) in [5, 5.41) is 5.87. The number of H-pyrrole nitrogens is 2. The van der Waals surface area contributed by atoms with Crippen LogP contribution >= 0.6 is 0 Å². The quantitative estimate of drug-likeness (QED) is 0.483. The number of rotatable bonds is 2. The third-order valence-corrected chi connectivity index (χ3v) is 3.40. The van der Waals surface area contributed by atoms with Gasteiger partial charge in [0, 0.05) is 45.6 Å². The standard InChI is InChI=1S/C16H13N3/c1-3-15-11(5-7-17-15)9-13(1)19-14-2-4-16-12(10-14)6-8-18-16/h1-10,17-19H. The predicted octanol–water partition coefficient (Wildman–Crippen LogP) is 4.39. The summed E-state index contributed by atoms with van der Waals surface area (Å²) in [4.78, 5) is 6.40. The molecular weight excluding hydrogens is 234 g/mol. The van der Waals surface area contributed by atoms with Crippen LogP contribution in [0.25, 0.3) is 21.8 Å². The fraction of sp³-hybridized carbons (Fsp3) is 0. The molecule has 0 aliphatic rings. The summed E-state index contributed by atoms with van der Waals surface area (Å²) >= 11 is 0. The first-order valence-corrected chi connectivity index (χ1v) is 6.30. The summed E-state index contributed by atoms with van der Waals surface area (Å²) in [7, 11) is 0. The summed E-state index contributed by atoms with van der Waals surface area (Å²) in [5.74, 6) is 0. The van der Waals surface area contributed by atoms with Crippen LogP contribution in [0.5, 0.6) is 0 Å². The lowest BCUT2D eigenvalue weighted by molar-refractivity contribution is 1.47. The number of aromatic nitrogens is 2. The van der Waals surface area contributed by atoms with E-state index in [1.807, 2.05) is 12.4 Å². The van der Waals surface area contributed by atoms with E-state index in [1.54, 1.807) is 0 Å². The summed E-state index contributed by atoms with van der Waals surface area (Å²) in [6.45, 7) is 0. The lowest BCUT2D eigenvalue weighted by Gasteiger charge is -2.06. The molecule has 3 nitrogen and oxygen atoms in total. The predicted molar refractivity (Wildman–Crippen MR) is 79.9 cm³/mol. The normalized spacial score (nSPS) is 11.2. The minimum atomic E-state index is 1.10. The summed E-state index contributed by atoms with van der Waals surface area (Å²) < 4.78 is 0. The topological polar surface area (TPSA) is 43.6 Å². The molecule has 2 aromatic carbocycles. The monoisotopic (exact) mass is 247 g/mol. The average Bonchev–Trinajstić information content (AvgIpc) is 3.05. The van der Waals surface area contributed by atoms with Crippen LogP contribution in [-0.2, 0) is 0 Å². The largest absolute Gasteiger partial charge is 0.361 e. The number of hydrogen-bond acceptors (Lipinski definition) is 1. The van der Waals surface area contributed by atoms with Crippen molar-refractivity contribution in [3.8, 4) is 0 Å². The van der Waals surface area contributed by atoms with Crippen molar-refractivity contribution >= 4 is 33.2 Å². The van der Waals surface area contributed by atoms with Crippen LogP contribution in [0.3, 0.4) is 0 Å². The van der Waals surface area contributed by atoms with Gasteiger partial charge >= 0.3 is 0 Å². The highest BCUT2D eigenvalue weighted by Gasteiger charge is 2.00. The first kappa shape index (κ1) is 10.3. The van der Waals surface area contributed by atoms with E-state index in [0.29, 0.717) is 0 Å². The number of benzene rings is 2. The molecule has 0 saturated heterocycles. The second kappa shape index (κ2) is 3.92. The van der Waals surface area contributed by atoms with E-state index in [1.165, 1.54) is 10.8 Å². The van der Waals surface area contributed by atoms with Crippen molar-refractivity contribution in [2.24, 2.45) is 0 Å². The van der Waals surface area contributed by atoms with Gasteiger partial charge in [0.1, 0.15) is 0 Å². The van der Waals surface area contributed by atoms with Crippen LogP contribution in [0.15, 0.2) is 60.9 Å². The lowest BCUT2D eigenvalue weighted by Crippen LogP contribution is -1.89. The van der Waals surface area contributed by atoms with E-state index in [2.05, 4.69) is 63.8 Å². The van der Waals surface area contributed by atoms with Crippen molar-refractivity contribution in [2.75, 3.05) is 5.32 Å². The number of hydrogen-bond donors (Lipinski definition) is 3. The molecule has 92 valence electrons. The maximum Gasteiger partial charge on any atom is 0.0455 e. The molecule has 2 aromatic heterocycles. The number of anilines is 2. The molecule has 2 heterocycles. The van der Waals surface area contributed by atoms with Crippen molar-refractivity contribution in [1.82, 2.24) is 9.97 Å². The molecule has 0 unspecified atom stereocenters. The molecule has 0 saturated carbocycles. The Morgan fingerprint density at radius 1 is 0.632 bits per heavy atom. The van der Waals surface area contributed by atoms with E-state index in [9.17, 15) is 0 Å². The summed E-state index contributed by atoms with van der Waals surface area (Å²) in [6.07, 6.45) is 3.92. The zero-order valence-electron chi connectivity index (χ0n) is 10.3. The fourth-order valence-electron chi connectivity index (χ4n) is 2.43. The molecule has 0 bridgehead atoms. The van der Waals surface area contributed by atoms with Gasteiger partial charge in [-0.25, -0.2) is 0 Å². The maximum atomic E-state index is 3.44. The third kappa shape index (κ3) is 1.76. The molecule has 3 N–H and O–H groups in total. The molecule has 0 amide bonds. The smallest absolute Gasteiger partial charge is 0.0455 e.